The van der Waals surface area contributed by atoms with Gasteiger partial charge < -0.3 is 10.1 Å². The Morgan fingerprint density at radius 2 is 1.46 bits per heavy atom. The van der Waals surface area contributed by atoms with E-state index < -0.39 is 25.4 Å². The number of hydrogen-bond acceptors (Lipinski definition) is 6. The van der Waals surface area contributed by atoms with Crippen LogP contribution in [0.4, 0.5) is 0 Å². The largest absolute Gasteiger partial charge is 0.448 e. The minimum absolute atomic E-state index is 0.174. The highest BCUT2D eigenvalue weighted by atomic mass is 32.2. The number of nitrogens with one attached hydrogen (secondary N) is 1. The summed E-state index contributed by atoms with van der Waals surface area (Å²) in [6.45, 7) is 6.78. The second-order valence-electron chi connectivity index (χ2n) is 13.0. The number of nitrogens with zero attached hydrogens (tertiary/aromatic N) is 1. The van der Waals surface area contributed by atoms with Gasteiger partial charge in [-0.15, -0.1) is 23.1 Å². The monoisotopic (exact) mass is 705 g/mol. The van der Waals surface area contributed by atoms with Crippen molar-refractivity contribution in [2.24, 2.45) is 0 Å². The molecule has 2 aliphatic heterocycles. The lowest BCUT2D eigenvalue weighted by molar-refractivity contribution is -0.154. The van der Waals surface area contributed by atoms with E-state index in [4.69, 9.17) is 4.74 Å². The molecule has 5 rings (SSSR count). The van der Waals surface area contributed by atoms with Crippen LogP contribution in [0.15, 0.2) is 89.4 Å². The topological polar surface area (TPSA) is 75.7 Å². The molecule has 0 spiro atoms. The van der Waals surface area contributed by atoms with Crippen LogP contribution in [-0.4, -0.2) is 64.5 Å². The molecule has 0 unspecified atom stereocenters. The van der Waals surface area contributed by atoms with E-state index in [1.54, 1.807) is 16.7 Å². The fraction of sp³-hybridized carbons (Fsp3) is 0.462. The van der Waals surface area contributed by atoms with E-state index in [0.717, 1.165) is 47.0 Å². The maximum Gasteiger partial charge on any atom is 0.356 e. The smallest absolute Gasteiger partial charge is 0.356 e. The van der Waals surface area contributed by atoms with Crippen molar-refractivity contribution in [3.05, 3.63) is 105 Å². The molecular formula is C39H50N2O4PS2+. The molecule has 1 N–H and O–H groups in total. The third-order valence-electron chi connectivity index (χ3n) is 9.39. The number of ether oxygens (including phenoxy) is 1. The molecule has 9 heteroatoms. The number of amides is 2. The van der Waals surface area contributed by atoms with Crippen LogP contribution in [0.3, 0.4) is 0 Å². The zero-order valence-electron chi connectivity index (χ0n) is 28.6. The normalized spacial score (nSPS) is 17.7. The van der Waals surface area contributed by atoms with Crippen molar-refractivity contribution in [3.8, 4) is 0 Å². The molecule has 3 aromatic rings. The van der Waals surface area contributed by atoms with Crippen LogP contribution in [0.5, 0.6) is 0 Å². The number of thioether (sulfide) groups is 1. The second-order valence-corrected chi connectivity index (χ2v) is 19.5. The molecule has 3 heterocycles. The van der Waals surface area contributed by atoms with Crippen LogP contribution in [0.1, 0.15) is 81.4 Å². The summed E-state index contributed by atoms with van der Waals surface area (Å²) in [4.78, 5) is 44.2. The Balaban J connectivity index is 1.50. The van der Waals surface area contributed by atoms with E-state index in [0.29, 0.717) is 11.4 Å². The Morgan fingerprint density at radius 3 is 1.98 bits per heavy atom. The first-order valence-electron chi connectivity index (χ1n) is 17.5. The molecule has 2 aliphatic rings. The Morgan fingerprint density at radius 1 is 0.875 bits per heavy atom. The van der Waals surface area contributed by atoms with Crippen molar-refractivity contribution in [1.29, 1.82) is 0 Å². The summed E-state index contributed by atoms with van der Waals surface area (Å²) < 4.78 is 6.46. The number of carbonyl (C=O) groups is 3. The molecule has 0 aliphatic carbocycles. The van der Waals surface area contributed by atoms with E-state index in [-0.39, 0.29) is 23.6 Å². The first kappa shape index (κ1) is 36.4. The highest BCUT2D eigenvalue weighted by Crippen LogP contribution is 2.63. The molecule has 2 aromatic carbocycles. The summed E-state index contributed by atoms with van der Waals surface area (Å²) in [5, 5.41) is 4.60. The summed E-state index contributed by atoms with van der Waals surface area (Å²) in [6.07, 6.45) is 11.2. The quantitative estimate of drug-likeness (QED) is 0.0815. The number of benzene rings is 2. The van der Waals surface area contributed by atoms with Gasteiger partial charge in [0.05, 0.1) is 31.1 Å². The molecule has 2 atom stereocenters. The zero-order valence-corrected chi connectivity index (χ0v) is 31.1. The number of β-lactam (4-membered cyclic amide) rings is 1. The van der Waals surface area contributed by atoms with E-state index in [9.17, 15) is 14.4 Å². The average Bonchev–Trinajstić information content (AvgIpc) is 3.63. The van der Waals surface area contributed by atoms with Crippen molar-refractivity contribution in [1.82, 2.24) is 10.2 Å². The van der Waals surface area contributed by atoms with Crippen molar-refractivity contribution in [2.45, 2.75) is 83.2 Å². The van der Waals surface area contributed by atoms with E-state index >= 15 is 0 Å². The molecule has 48 heavy (non-hydrogen) atoms. The molecule has 0 radical (unpaired) electrons. The Hall–Kier alpha value is -2.93. The Bertz CT molecular complexity index is 1470. The number of hydrogen-bond donors (Lipinski definition) is 1. The van der Waals surface area contributed by atoms with Crippen LogP contribution >= 0.6 is 30.4 Å². The predicted octanol–water partition coefficient (Wildman–Crippen LogP) is 8.70. The third-order valence-corrected chi connectivity index (χ3v) is 16.4. The zero-order chi connectivity index (χ0) is 33.9. The summed E-state index contributed by atoms with van der Waals surface area (Å²) in [5.74, 6) is -0.202. The fourth-order valence-electron chi connectivity index (χ4n) is 6.79. The van der Waals surface area contributed by atoms with Gasteiger partial charge in [-0.1, -0.05) is 107 Å². The SMILES string of the molecule is CCCC[P+](CCCC)(CCCC)CC1=C(C(=O)OC(c2ccccc2)c2ccccc2)N2C(=O)[C@@H](NC(=O)Cc3cccs3)[C@@H]2SC1. The first-order valence-corrected chi connectivity index (χ1v) is 22.0. The van der Waals surface area contributed by atoms with Gasteiger partial charge in [-0.25, -0.2) is 4.79 Å². The number of thiophene rings is 1. The minimum atomic E-state index is -1.44. The van der Waals surface area contributed by atoms with Gasteiger partial charge in [0.15, 0.2) is 6.10 Å². The van der Waals surface area contributed by atoms with Gasteiger partial charge in [0.2, 0.25) is 5.91 Å². The van der Waals surface area contributed by atoms with Gasteiger partial charge in [0.25, 0.3) is 5.91 Å². The van der Waals surface area contributed by atoms with Crippen LogP contribution in [0, 0.1) is 0 Å². The van der Waals surface area contributed by atoms with Crippen LogP contribution in [0.25, 0.3) is 0 Å². The maximum absolute atomic E-state index is 14.6. The lowest BCUT2D eigenvalue weighted by Crippen LogP contribution is -2.70. The average molecular weight is 706 g/mol. The molecule has 0 bridgehead atoms. The first-order chi connectivity index (χ1) is 23.4. The minimum Gasteiger partial charge on any atom is -0.448 e. The number of fused-ring (bicyclic) bond motifs is 1. The number of esters is 1. The van der Waals surface area contributed by atoms with Gasteiger partial charge in [-0.3, -0.25) is 14.5 Å². The van der Waals surface area contributed by atoms with Gasteiger partial charge in [0.1, 0.15) is 17.1 Å². The van der Waals surface area contributed by atoms with Crippen LogP contribution in [-0.2, 0) is 25.5 Å². The second kappa shape index (κ2) is 17.6. The van der Waals surface area contributed by atoms with Gasteiger partial charge >= 0.3 is 5.97 Å². The van der Waals surface area contributed by atoms with Gasteiger partial charge in [-0.05, 0) is 41.8 Å². The Labute approximate surface area is 295 Å². The third kappa shape index (κ3) is 8.80. The summed E-state index contributed by atoms with van der Waals surface area (Å²) in [7, 11) is -1.44. The summed E-state index contributed by atoms with van der Waals surface area (Å²) >= 11 is 3.20. The molecule has 256 valence electrons. The molecule has 2 amide bonds. The Kier molecular flexibility index (Phi) is 13.4. The lowest BCUT2D eigenvalue weighted by Gasteiger charge is -2.50. The molecule has 0 saturated carbocycles. The van der Waals surface area contributed by atoms with Crippen molar-refractivity contribution < 1.29 is 19.1 Å². The number of unbranched alkanes of at least 4 members (excludes halogenated alkanes) is 3. The predicted molar refractivity (Wildman–Crippen MR) is 202 cm³/mol. The lowest BCUT2D eigenvalue weighted by atomic mass is 10.0. The fourth-order valence-corrected chi connectivity index (χ4v) is 14.2. The van der Waals surface area contributed by atoms with E-state index in [1.807, 2.05) is 78.2 Å². The van der Waals surface area contributed by atoms with Crippen molar-refractivity contribution in [2.75, 3.05) is 30.4 Å². The van der Waals surface area contributed by atoms with Crippen molar-refractivity contribution in [3.63, 3.8) is 0 Å². The highest BCUT2D eigenvalue weighted by molar-refractivity contribution is 8.00. The van der Waals surface area contributed by atoms with Gasteiger partial charge in [-0.2, -0.15) is 0 Å². The molecule has 1 aromatic heterocycles. The summed E-state index contributed by atoms with van der Waals surface area (Å²) in [6, 6.07) is 22.8. The standard InChI is InChI=1S/C39H49N2O4PS2/c1-4-7-22-46(23-8-5-2,24-9-6-3)27-31-28-48-38-34(40-33(42)26-32-21-16-25-47-32)37(43)41(38)35(31)39(44)45-36(29-17-12-10-13-18-29)30-19-14-11-15-20-30/h10-21,25,34,36,38H,4-9,22-24,26-28H2,1-3H3/p+1/t34-,38+/m1/s1. The summed E-state index contributed by atoms with van der Waals surface area (Å²) in [5.41, 5.74) is 3.23. The number of carbonyl (C=O) groups excluding carboxylic acids is 3. The highest BCUT2D eigenvalue weighted by Gasteiger charge is 2.55. The molecule has 1 saturated heterocycles. The van der Waals surface area contributed by atoms with Crippen LogP contribution < -0.4 is 5.32 Å². The molecule has 6 nitrogen and oxygen atoms in total. The molecule has 1 fully saturated rings. The maximum atomic E-state index is 14.6. The van der Waals surface area contributed by atoms with E-state index in [2.05, 4.69) is 26.1 Å². The van der Waals surface area contributed by atoms with Crippen LogP contribution in [0.2, 0.25) is 0 Å². The van der Waals surface area contributed by atoms with Crippen molar-refractivity contribution >= 4 is 48.1 Å². The number of rotatable bonds is 18. The van der Waals surface area contributed by atoms with E-state index in [1.165, 1.54) is 49.1 Å². The molecular weight excluding hydrogens is 656 g/mol. The van der Waals surface area contributed by atoms with Gasteiger partial charge in [0, 0.05) is 23.5 Å².